The van der Waals surface area contributed by atoms with Crippen LogP contribution in [0.4, 0.5) is 0 Å². The van der Waals surface area contributed by atoms with Gasteiger partial charge in [-0.05, 0) is 42.4 Å². The number of rotatable bonds is 7. The van der Waals surface area contributed by atoms with Crippen molar-refractivity contribution in [2.75, 3.05) is 33.0 Å². The molecule has 0 N–H and O–H groups in total. The molecule has 1 aliphatic heterocycles. The Morgan fingerprint density at radius 3 is 2.38 bits per heavy atom. The Hall–Kier alpha value is -0.120. The van der Waals surface area contributed by atoms with Crippen LogP contribution in [0, 0.1) is 22.2 Å². The molecule has 0 radical (unpaired) electrons. The summed E-state index contributed by atoms with van der Waals surface area (Å²) in [5.41, 5.74) is 1.10. The molecule has 2 saturated carbocycles. The van der Waals surface area contributed by atoms with Crippen molar-refractivity contribution in [2.24, 2.45) is 22.2 Å². The highest BCUT2D eigenvalue weighted by Crippen LogP contribution is 2.66. The first kappa shape index (κ1) is 15.8. The summed E-state index contributed by atoms with van der Waals surface area (Å²) < 4.78 is 17.4. The maximum Gasteiger partial charge on any atom is 0.0704 e. The van der Waals surface area contributed by atoms with Crippen molar-refractivity contribution in [3.63, 3.8) is 0 Å². The minimum atomic E-state index is 0.292. The third-order valence-corrected chi connectivity index (χ3v) is 7.24. The Morgan fingerprint density at radius 2 is 1.90 bits per heavy atom. The van der Waals surface area contributed by atoms with Crippen molar-refractivity contribution in [1.82, 2.24) is 0 Å². The van der Waals surface area contributed by atoms with Gasteiger partial charge in [0.1, 0.15) is 0 Å². The van der Waals surface area contributed by atoms with E-state index in [1.165, 1.54) is 19.3 Å². The number of fused-ring (bicyclic) bond motifs is 2. The van der Waals surface area contributed by atoms with Crippen molar-refractivity contribution in [3.8, 4) is 0 Å². The van der Waals surface area contributed by atoms with E-state index in [-0.39, 0.29) is 0 Å². The SMILES string of the molecule is CCC1(COCCOC2CC3CCC2(C)C3(C)C)COC1. The highest BCUT2D eigenvalue weighted by molar-refractivity contribution is 5.11. The maximum atomic E-state index is 6.22. The Balaban J connectivity index is 1.39. The molecule has 3 aliphatic rings. The fourth-order valence-electron chi connectivity index (χ4n) is 4.70. The molecule has 122 valence electrons. The van der Waals surface area contributed by atoms with Gasteiger partial charge in [-0.25, -0.2) is 0 Å². The first-order valence-electron chi connectivity index (χ1n) is 8.71. The summed E-state index contributed by atoms with van der Waals surface area (Å²) in [6.07, 6.45) is 5.54. The van der Waals surface area contributed by atoms with Crippen molar-refractivity contribution in [2.45, 2.75) is 59.5 Å². The maximum absolute atomic E-state index is 6.22. The zero-order valence-electron chi connectivity index (χ0n) is 14.2. The number of hydrogen-bond donors (Lipinski definition) is 0. The van der Waals surface area contributed by atoms with Gasteiger partial charge in [-0.2, -0.15) is 0 Å². The van der Waals surface area contributed by atoms with E-state index in [1.54, 1.807) is 0 Å². The van der Waals surface area contributed by atoms with Crippen LogP contribution in [-0.4, -0.2) is 39.1 Å². The van der Waals surface area contributed by atoms with Crippen LogP contribution in [-0.2, 0) is 14.2 Å². The molecule has 1 heterocycles. The molecule has 3 heteroatoms. The van der Waals surface area contributed by atoms with Crippen LogP contribution in [0.15, 0.2) is 0 Å². The van der Waals surface area contributed by atoms with E-state index in [1.807, 2.05) is 0 Å². The first-order chi connectivity index (χ1) is 9.94. The van der Waals surface area contributed by atoms with Gasteiger partial charge >= 0.3 is 0 Å². The van der Waals surface area contributed by atoms with Gasteiger partial charge in [0.25, 0.3) is 0 Å². The molecular weight excluding hydrogens is 264 g/mol. The fraction of sp³-hybridized carbons (Fsp3) is 1.00. The molecule has 2 aliphatic carbocycles. The van der Waals surface area contributed by atoms with Gasteiger partial charge in [0.2, 0.25) is 0 Å². The lowest BCUT2D eigenvalue weighted by atomic mass is 9.70. The molecule has 3 atom stereocenters. The summed E-state index contributed by atoms with van der Waals surface area (Å²) in [7, 11) is 0. The van der Waals surface area contributed by atoms with Gasteiger partial charge in [-0.15, -0.1) is 0 Å². The molecule has 2 bridgehead atoms. The lowest BCUT2D eigenvalue weighted by Gasteiger charge is -2.40. The lowest BCUT2D eigenvalue weighted by molar-refractivity contribution is -0.156. The second-order valence-corrected chi connectivity index (χ2v) is 8.37. The third kappa shape index (κ3) is 2.46. The van der Waals surface area contributed by atoms with E-state index in [9.17, 15) is 0 Å². The van der Waals surface area contributed by atoms with Gasteiger partial charge in [0, 0.05) is 5.41 Å². The molecule has 3 fully saturated rings. The van der Waals surface area contributed by atoms with E-state index in [0.717, 1.165) is 45.4 Å². The van der Waals surface area contributed by atoms with Crippen LogP contribution in [0.5, 0.6) is 0 Å². The average Bonchev–Trinajstić information content (AvgIpc) is 2.74. The van der Waals surface area contributed by atoms with Crippen molar-refractivity contribution in [3.05, 3.63) is 0 Å². The fourth-order valence-corrected chi connectivity index (χ4v) is 4.70. The first-order valence-corrected chi connectivity index (χ1v) is 8.71. The predicted octanol–water partition coefficient (Wildman–Crippen LogP) is 3.66. The Bertz CT molecular complexity index is 369. The van der Waals surface area contributed by atoms with Crippen LogP contribution < -0.4 is 0 Å². The summed E-state index contributed by atoms with van der Waals surface area (Å²) in [4.78, 5) is 0. The van der Waals surface area contributed by atoms with Crippen LogP contribution in [0.3, 0.4) is 0 Å². The van der Waals surface area contributed by atoms with E-state index in [4.69, 9.17) is 14.2 Å². The lowest BCUT2D eigenvalue weighted by Crippen LogP contribution is -2.46. The smallest absolute Gasteiger partial charge is 0.0704 e. The average molecular weight is 296 g/mol. The van der Waals surface area contributed by atoms with E-state index < -0.39 is 0 Å². The van der Waals surface area contributed by atoms with E-state index in [2.05, 4.69) is 27.7 Å². The quantitative estimate of drug-likeness (QED) is 0.671. The van der Waals surface area contributed by atoms with E-state index >= 15 is 0 Å². The zero-order valence-corrected chi connectivity index (χ0v) is 14.2. The Morgan fingerprint density at radius 1 is 1.14 bits per heavy atom. The Kier molecular flexibility index (Phi) is 4.13. The minimum Gasteiger partial charge on any atom is -0.380 e. The van der Waals surface area contributed by atoms with Crippen molar-refractivity contribution < 1.29 is 14.2 Å². The van der Waals surface area contributed by atoms with Crippen LogP contribution >= 0.6 is 0 Å². The number of ether oxygens (including phenoxy) is 3. The molecular formula is C18H32O3. The zero-order chi connectivity index (χ0) is 15.1. The molecule has 0 spiro atoms. The second kappa shape index (κ2) is 5.50. The monoisotopic (exact) mass is 296 g/mol. The van der Waals surface area contributed by atoms with Gasteiger partial charge in [0.05, 0.1) is 39.1 Å². The molecule has 0 aromatic carbocycles. The molecule has 21 heavy (non-hydrogen) atoms. The van der Waals surface area contributed by atoms with Crippen molar-refractivity contribution >= 4 is 0 Å². The predicted molar refractivity (Wildman–Crippen MR) is 83.3 cm³/mol. The molecule has 3 nitrogen and oxygen atoms in total. The highest BCUT2D eigenvalue weighted by atomic mass is 16.5. The summed E-state index contributed by atoms with van der Waals surface area (Å²) in [5, 5.41) is 0. The van der Waals surface area contributed by atoms with Gasteiger partial charge in [-0.1, -0.05) is 27.7 Å². The summed E-state index contributed by atoms with van der Waals surface area (Å²) in [5.74, 6) is 0.851. The summed E-state index contributed by atoms with van der Waals surface area (Å²) >= 11 is 0. The van der Waals surface area contributed by atoms with Crippen molar-refractivity contribution in [1.29, 1.82) is 0 Å². The van der Waals surface area contributed by atoms with Crippen LogP contribution in [0.1, 0.15) is 53.4 Å². The highest BCUT2D eigenvalue weighted by Gasteiger charge is 2.61. The molecule has 3 unspecified atom stereocenters. The molecule has 0 aromatic rings. The molecule has 0 amide bonds. The molecule has 0 aromatic heterocycles. The normalized spacial score (nSPS) is 39.4. The molecule has 1 saturated heterocycles. The van der Waals surface area contributed by atoms with Gasteiger partial charge in [0.15, 0.2) is 0 Å². The molecule has 3 rings (SSSR count). The van der Waals surface area contributed by atoms with E-state index in [0.29, 0.717) is 22.3 Å². The van der Waals surface area contributed by atoms with Crippen LogP contribution in [0.25, 0.3) is 0 Å². The standard InChI is InChI=1S/C18H32O3/c1-5-18(12-20-13-18)11-19-8-9-21-15-10-14-6-7-17(15,4)16(14,2)3/h14-15H,5-13H2,1-4H3. The summed E-state index contributed by atoms with van der Waals surface area (Å²) in [6, 6.07) is 0. The topological polar surface area (TPSA) is 27.7 Å². The van der Waals surface area contributed by atoms with Gasteiger partial charge in [-0.3, -0.25) is 0 Å². The minimum absolute atomic E-state index is 0.292. The number of hydrogen-bond acceptors (Lipinski definition) is 3. The Labute approximate surface area is 129 Å². The largest absolute Gasteiger partial charge is 0.380 e. The third-order valence-electron chi connectivity index (χ3n) is 7.24. The van der Waals surface area contributed by atoms with Gasteiger partial charge < -0.3 is 14.2 Å². The van der Waals surface area contributed by atoms with Crippen LogP contribution in [0.2, 0.25) is 0 Å². The summed E-state index contributed by atoms with van der Waals surface area (Å²) in [6.45, 7) is 13.5. The second-order valence-electron chi connectivity index (χ2n) is 8.37.